The predicted octanol–water partition coefficient (Wildman–Crippen LogP) is 2.03. The molecule has 0 spiro atoms. The first kappa shape index (κ1) is 13.1. The Morgan fingerprint density at radius 2 is 2.00 bits per heavy atom. The smallest absolute Gasteiger partial charge is 0.0271 e. The molecule has 0 fully saturated rings. The molecular weight excluding hydrogens is 198 g/mol. The number of aromatic nitrogens is 1. The van der Waals surface area contributed by atoms with Crippen molar-refractivity contribution in [2.75, 3.05) is 13.1 Å². The van der Waals surface area contributed by atoms with E-state index >= 15 is 0 Å². The molecule has 3 nitrogen and oxygen atoms in total. The van der Waals surface area contributed by atoms with Gasteiger partial charge in [0.25, 0.3) is 0 Å². The van der Waals surface area contributed by atoms with Gasteiger partial charge in [-0.3, -0.25) is 9.88 Å². The van der Waals surface area contributed by atoms with Crippen molar-refractivity contribution < 1.29 is 0 Å². The van der Waals surface area contributed by atoms with E-state index in [1.54, 1.807) is 0 Å². The fourth-order valence-electron chi connectivity index (χ4n) is 1.65. The lowest BCUT2D eigenvalue weighted by Gasteiger charge is -2.22. The van der Waals surface area contributed by atoms with Crippen molar-refractivity contribution in [2.45, 2.75) is 39.3 Å². The fraction of sp³-hybridized carbons (Fsp3) is 0.615. The average molecular weight is 221 g/mol. The second-order valence-electron chi connectivity index (χ2n) is 4.18. The first-order valence-electron chi connectivity index (χ1n) is 6.13. The Morgan fingerprint density at radius 1 is 1.31 bits per heavy atom. The van der Waals surface area contributed by atoms with Crippen LogP contribution in [0.3, 0.4) is 0 Å². The van der Waals surface area contributed by atoms with Gasteiger partial charge in [-0.15, -0.1) is 0 Å². The number of nitrogens with zero attached hydrogens (tertiary/aromatic N) is 2. The lowest BCUT2D eigenvalue weighted by Crippen LogP contribution is -2.29. The van der Waals surface area contributed by atoms with E-state index in [4.69, 9.17) is 5.73 Å². The summed E-state index contributed by atoms with van der Waals surface area (Å²) in [5.41, 5.74) is 7.25. The zero-order valence-corrected chi connectivity index (χ0v) is 10.4. The van der Waals surface area contributed by atoms with Crippen molar-refractivity contribution in [3.05, 3.63) is 30.1 Å². The zero-order valence-electron chi connectivity index (χ0n) is 10.4. The molecular formula is C13H23N3. The van der Waals surface area contributed by atoms with Gasteiger partial charge in [0.05, 0.1) is 0 Å². The van der Waals surface area contributed by atoms with Gasteiger partial charge in [0.15, 0.2) is 0 Å². The number of hydrogen-bond donors (Lipinski definition) is 1. The highest BCUT2D eigenvalue weighted by Gasteiger charge is 2.06. The third kappa shape index (κ3) is 4.73. The SMILES string of the molecule is CCC(N)CCN(CC)Cc1ccncc1. The highest BCUT2D eigenvalue weighted by atomic mass is 15.1. The molecule has 16 heavy (non-hydrogen) atoms. The van der Waals surface area contributed by atoms with Crippen LogP contribution in [0.25, 0.3) is 0 Å². The molecule has 0 aliphatic heterocycles. The van der Waals surface area contributed by atoms with Crippen LogP contribution in [0.2, 0.25) is 0 Å². The normalized spacial score (nSPS) is 13.0. The van der Waals surface area contributed by atoms with Crippen LogP contribution >= 0.6 is 0 Å². The maximum absolute atomic E-state index is 5.93. The van der Waals surface area contributed by atoms with Gasteiger partial charge in [-0.05, 0) is 43.6 Å². The van der Waals surface area contributed by atoms with Crippen LogP contribution in [0.1, 0.15) is 32.3 Å². The van der Waals surface area contributed by atoms with Gasteiger partial charge in [-0.25, -0.2) is 0 Å². The highest BCUT2D eigenvalue weighted by Crippen LogP contribution is 2.05. The van der Waals surface area contributed by atoms with Crippen molar-refractivity contribution >= 4 is 0 Å². The number of nitrogens with two attached hydrogens (primary N) is 1. The summed E-state index contributed by atoms with van der Waals surface area (Å²) in [5.74, 6) is 0. The minimum atomic E-state index is 0.339. The summed E-state index contributed by atoms with van der Waals surface area (Å²) in [6.07, 6.45) is 5.84. The summed E-state index contributed by atoms with van der Waals surface area (Å²) in [4.78, 5) is 6.45. The molecule has 0 amide bonds. The van der Waals surface area contributed by atoms with Crippen molar-refractivity contribution in [3.8, 4) is 0 Å². The Morgan fingerprint density at radius 3 is 2.56 bits per heavy atom. The van der Waals surface area contributed by atoms with Crippen LogP contribution in [0, 0.1) is 0 Å². The van der Waals surface area contributed by atoms with Crippen LogP contribution in [-0.4, -0.2) is 29.0 Å². The molecule has 2 N–H and O–H groups in total. The van der Waals surface area contributed by atoms with Crippen molar-refractivity contribution in [1.29, 1.82) is 0 Å². The molecule has 1 heterocycles. The van der Waals surface area contributed by atoms with E-state index in [1.165, 1.54) is 5.56 Å². The van der Waals surface area contributed by atoms with Gasteiger partial charge in [0.2, 0.25) is 0 Å². The van der Waals surface area contributed by atoms with Gasteiger partial charge in [0, 0.05) is 25.0 Å². The summed E-state index contributed by atoms with van der Waals surface area (Å²) in [6, 6.07) is 4.48. The largest absolute Gasteiger partial charge is 0.328 e. The molecule has 0 radical (unpaired) electrons. The first-order chi connectivity index (χ1) is 7.76. The van der Waals surface area contributed by atoms with Gasteiger partial charge in [-0.1, -0.05) is 13.8 Å². The molecule has 0 aromatic carbocycles. The van der Waals surface area contributed by atoms with Gasteiger partial charge >= 0.3 is 0 Å². The van der Waals surface area contributed by atoms with E-state index in [2.05, 4.69) is 35.9 Å². The lowest BCUT2D eigenvalue weighted by molar-refractivity contribution is 0.267. The Balaban J connectivity index is 2.37. The molecule has 3 heteroatoms. The molecule has 0 saturated carbocycles. The molecule has 1 aromatic heterocycles. The number of hydrogen-bond acceptors (Lipinski definition) is 3. The van der Waals surface area contributed by atoms with Gasteiger partial charge in [0.1, 0.15) is 0 Å². The van der Waals surface area contributed by atoms with Crippen molar-refractivity contribution in [1.82, 2.24) is 9.88 Å². The molecule has 1 unspecified atom stereocenters. The third-order valence-corrected chi connectivity index (χ3v) is 2.94. The Labute approximate surface area is 98.7 Å². The molecule has 90 valence electrons. The van der Waals surface area contributed by atoms with E-state index < -0.39 is 0 Å². The minimum absolute atomic E-state index is 0.339. The van der Waals surface area contributed by atoms with Crippen LogP contribution in [0.5, 0.6) is 0 Å². The van der Waals surface area contributed by atoms with E-state index in [0.29, 0.717) is 6.04 Å². The Bertz CT molecular complexity index is 274. The standard InChI is InChI=1S/C13H23N3/c1-3-13(14)7-10-16(4-2)11-12-5-8-15-9-6-12/h5-6,8-9,13H,3-4,7,10-11,14H2,1-2H3. The molecule has 1 aromatic rings. The summed E-state index contributed by atoms with van der Waals surface area (Å²) >= 11 is 0. The maximum atomic E-state index is 5.93. The van der Waals surface area contributed by atoms with E-state index in [1.807, 2.05) is 12.4 Å². The Kier molecular flexibility index (Phi) is 6.04. The Hall–Kier alpha value is -0.930. The molecule has 0 aliphatic carbocycles. The molecule has 0 saturated heterocycles. The van der Waals surface area contributed by atoms with Crippen molar-refractivity contribution in [2.24, 2.45) is 5.73 Å². The van der Waals surface area contributed by atoms with E-state index in [0.717, 1.165) is 32.5 Å². The van der Waals surface area contributed by atoms with Crippen molar-refractivity contribution in [3.63, 3.8) is 0 Å². The molecule has 0 aliphatic rings. The third-order valence-electron chi connectivity index (χ3n) is 2.94. The highest BCUT2D eigenvalue weighted by molar-refractivity contribution is 5.09. The average Bonchev–Trinajstić information content (AvgIpc) is 2.35. The maximum Gasteiger partial charge on any atom is 0.0271 e. The van der Waals surface area contributed by atoms with Gasteiger partial charge in [-0.2, -0.15) is 0 Å². The topological polar surface area (TPSA) is 42.1 Å². The first-order valence-corrected chi connectivity index (χ1v) is 6.13. The summed E-state index contributed by atoms with van der Waals surface area (Å²) in [7, 11) is 0. The van der Waals surface area contributed by atoms with E-state index in [-0.39, 0.29) is 0 Å². The molecule has 0 bridgehead atoms. The molecule has 1 rings (SSSR count). The predicted molar refractivity (Wildman–Crippen MR) is 68.1 cm³/mol. The second kappa shape index (κ2) is 7.36. The number of pyridine rings is 1. The summed E-state index contributed by atoms with van der Waals surface area (Å²) in [5, 5.41) is 0. The van der Waals surface area contributed by atoms with Crippen LogP contribution in [0.4, 0.5) is 0 Å². The van der Waals surface area contributed by atoms with Gasteiger partial charge < -0.3 is 5.73 Å². The van der Waals surface area contributed by atoms with Crippen LogP contribution < -0.4 is 5.73 Å². The fourth-order valence-corrected chi connectivity index (χ4v) is 1.65. The number of rotatable bonds is 7. The van der Waals surface area contributed by atoms with Crippen LogP contribution in [-0.2, 0) is 6.54 Å². The monoisotopic (exact) mass is 221 g/mol. The summed E-state index contributed by atoms with van der Waals surface area (Å²) in [6.45, 7) is 7.48. The van der Waals surface area contributed by atoms with Crippen LogP contribution in [0.15, 0.2) is 24.5 Å². The lowest BCUT2D eigenvalue weighted by atomic mass is 10.1. The zero-order chi connectivity index (χ0) is 11.8. The summed E-state index contributed by atoms with van der Waals surface area (Å²) < 4.78 is 0. The molecule has 1 atom stereocenters. The second-order valence-corrected chi connectivity index (χ2v) is 4.18. The minimum Gasteiger partial charge on any atom is -0.328 e. The quantitative estimate of drug-likeness (QED) is 0.766. The van der Waals surface area contributed by atoms with E-state index in [9.17, 15) is 0 Å².